The number of methoxy groups -OCH3 is 2. The molecule has 1 N–H and O–H groups in total. The molecule has 2 aliphatic rings. The predicted octanol–water partition coefficient (Wildman–Crippen LogP) is 3.76. The second-order valence-corrected chi connectivity index (χ2v) is 9.00. The number of aliphatic hydroxyl groups excluding tert-OH is 1. The highest BCUT2D eigenvalue weighted by atomic mass is 35.5. The second kappa shape index (κ2) is 10.9. The zero-order valence-corrected chi connectivity index (χ0v) is 20.9. The summed E-state index contributed by atoms with van der Waals surface area (Å²) in [5.41, 5.74) is 0.865. The van der Waals surface area contributed by atoms with Crippen LogP contribution in [0.5, 0.6) is 11.5 Å². The number of ether oxygens (including phenoxy) is 3. The lowest BCUT2D eigenvalue weighted by atomic mass is 9.95. The van der Waals surface area contributed by atoms with Crippen molar-refractivity contribution in [1.29, 1.82) is 0 Å². The molecule has 0 unspecified atom stereocenters. The Morgan fingerprint density at radius 2 is 1.71 bits per heavy atom. The average Bonchev–Trinajstić information content (AvgIpc) is 3.13. The number of halogens is 2. The first-order valence-electron chi connectivity index (χ1n) is 11.1. The molecule has 2 aliphatic heterocycles. The number of aliphatic hydroxyl groups is 1. The molecule has 8 nitrogen and oxygen atoms in total. The van der Waals surface area contributed by atoms with Gasteiger partial charge in [-0.1, -0.05) is 29.3 Å². The molecule has 186 valence electrons. The molecule has 35 heavy (non-hydrogen) atoms. The van der Waals surface area contributed by atoms with E-state index in [1.54, 1.807) is 36.4 Å². The number of hydrogen-bond donors (Lipinski definition) is 1. The molecule has 1 amide bonds. The maximum Gasteiger partial charge on any atom is 0.295 e. The number of Topliss-reactive ketones (excluding diaryl/α,β-unsaturated/α-hetero) is 1. The first-order chi connectivity index (χ1) is 16.8. The highest BCUT2D eigenvalue weighted by molar-refractivity contribution is 6.46. The van der Waals surface area contributed by atoms with Gasteiger partial charge in [0.2, 0.25) is 0 Å². The van der Waals surface area contributed by atoms with E-state index in [1.165, 1.54) is 19.1 Å². The van der Waals surface area contributed by atoms with Crippen LogP contribution in [0.4, 0.5) is 0 Å². The molecule has 0 spiro atoms. The summed E-state index contributed by atoms with van der Waals surface area (Å²) < 4.78 is 16.0. The standard InChI is InChI=1S/C25H26Cl2N2O6/c1-33-19-6-4-16(14-20(19)34-2)23(30)21-22(15-3-5-17(26)18(27)13-15)29(25(32)24(21)31)8-7-28-9-11-35-12-10-28/h3-6,13-14,22,30H,7-12H2,1-2H3/t22-/m1/s1. The smallest absolute Gasteiger partial charge is 0.295 e. The van der Waals surface area contributed by atoms with Crippen LogP contribution in [-0.2, 0) is 14.3 Å². The number of morpholine rings is 1. The topological polar surface area (TPSA) is 88.5 Å². The van der Waals surface area contributed by atoms with Crippen LogP contribution in [0.25, 0.3) is 5.76 Å². The number of amides is 1. The number of likely N-dealkylation sites (tertiary alicyclic amines) is 1. The first-order valence-corrected chi connectivity index (χ1v) is 11.9. The van der Waals surface area contributed by atoms with Gasteiger partial charge in [-0.15, -0.1) is 0 Å². The van der Waals surface area contributed by atoms with Crippen molar-refractivity contribution in [1.82, 2.24) is 9.80 Å². The summed E-state index contributed by atoms with van der Waals surface area (Å²) >= 11 is 12.4. The van der Waals surface area contributed by atoms with Crippen LogP contribution in [-0.4, -0.2) is 80.2 Å². The molecule has 4 rings (SSSR count). The molecule has 0 saturated carbocycles. The van der Waals surface area contributed by atoms with Gasteiger partial charge < -0.3 is 24.2 Å². The van der Waals surface area contributed by atoms with Gasteiger partial charge in [0.15, 0.2) is 11.5 Å². The van der Waals surface area contributed by atoms with E-state index in [0.717, 1.165) is 13.1 Å². The summed E-state index contributed by atoms with van der Waals surface area (Å²) in [7, 11) is 2.98. The third-order valence-electron chi connectivity index (χ3n) is 6.22. The molecule has 2 aromatic rings. The first kappa shape index (κ1) is 25.3. The number of hydrogen-bond acceptors (Lipinski definition) is 7. The highest BCUT2D eigenvalue weighted by Gasteiger charge is 2.46. The van der Waals surface area contributed by atoms with Crippen LogP contribution >= 0.6 is 23.2 Å². The maximum absolute atomic E-state index is 13.2. The lowest BCUT2D eigenvalue weighted by molar-refractivity contribution is -0.140. The van der Waals surface area contributed by atoms with Crippen LogP contribution in [0.3, 0.4) is 0 Å². The van der Waals surface area contributed by atoms with Gasteiger partial charge in [-0.3, -0.25) is 14.5 Å². The fourth-order valence-electron chi connectivity index (χ4n) is 4.35. The van der Waals surface area contributed by atoms with Gasteiger partial charge in [0.1, 0.15) is 5.76 Å². The maximum atomic E-state index is 13.2. The molecule has 0 radical (unpaired) electrons. The lowest BCUT2D eigenvalue weighted by Crippen LogP contribution is -2.42. The number of rotatable bonds is 7. The molecule has 1 atom stereocenters. The molecule has 2 fully saturated rings. The molecule has 0 aromatic heterocycles. The summed E-state index contributed by atoms with van der Waals surface area (Å²) in [6.45, 7) is 3.57. The molecule has 2 heterocycles. The fraction of sp³-hybridized carbons (Fsp3) is 0.360. The lowest BCUT2D eigenvalue weighted by Gasteiger charge is -2.31. The van der Waals surface area contributed by atoms with Crippen molar-refractivity contribution in [2.75, 3.05) is 53.6 Å². The molecular formula is C25H26Cl2N2O6. The average molecular weight is 521 g/mol. The van der Waals surface area contributed by atoms with E-state index in [1.807, 2.05) is 0 Å². The zero-order chi connectivity index (χ0) is 25.1. The van der Waals surface area contributed by atoms with E-state index in [-0.39, 0.29) is 22.9 Å². The van der Waals surface area contributed by atoms with Crippen molar-refractivity contribution in [2.45, 2.75) is 6.04 Å². The number of carbonyl (C=O) groups excluding carboxylic acids is 2. The molecule has 0 bridgehead atoms. The van der Waals surface area contributed by atoms with Crippen LogP contribution in [0.15, 0.2) is 42.0 Å². The van der Waals surface area contributed by atoms with E-state index >= 15 is 0 Å². The Balaban J connectivity index is 1.78. The summed E-state index contributed by atoms with van der Waals surface area (Å²) in [6, 6.07) is 8.87. The fourth-order valence-corrected chi connectivity index (χ4v) is 4.66. The van der Waals surface area contributed by atoms with Gasteiger partial charge in [-0.05, 0) is 35.9 Å². The Hall–Kier alpha value is -2.78. The van der Waals surface area contributed by atoms with Crippen molar-refractivity contribution < 1.29 is 28.9 Å². The van der Waals surface area contributed by atoms with E-state index in [0.29, 0.717) is 47.4 Å². The summed E-state index contributed by atoms with van der Waals surface area (Å²) in [5.74, 6) is -0.916. The number of carbonyl (C=O) groups is 2. The van der Waals surface area contributed by atoms with Crippen molar-refractivity contribution >= 4 is 40.7 Å². The normalized spacial score (nSPS) is 20.3. The van der Waals surface area contributed by atoms with E-state index in [2.05, 4.69) is 4.90 Å². The van der Waals surface area contributed by atoms with Crippen molar-refractivity contribution in [3.05, 3.63) is 63.1 Å². The Bertz CT molecular complexity index is 1160. The van der Waals surface area contributed by atoms with Crippen molar-refractivity contribution in [3.8, 4) is 11.5 Å². The molecular weight excluding hydrogens is 495 g/mol. The van der Waals surface area contributed by atoms with Crippen LogP contribution in [0.2, 0.25) is 10.0 Å². The monoisotopic (exact) mass is 520 g/mol. The minimum atomic E-state index is -0.834. The van der Waals surface area contributed by atoms with Crippen LogP contribution < -0.4 is 9.47 Å². The number of benzene rings is 2. The third kappa shape index (κ3) is 5.11. The number of nitrogens with zero attached hydrogens (tertiary/aromatic N) is 2. The SMILES string of the molecule is COc1ccc(C(O)=C2C(=O)C(=O)N(CCN3CCOCC3)[C@@H]2c2ccc(Cl)c(Cl)c2)cc1OC. The Kier molecular flexibility index (Phi) is 7.86. The minimum Gasteiger partial charge on any atom is -0.507 e. The minimum absolute atomic E-state index is 0.0254. The second-order valence-electron chi connectivity index (χ2n) is 8.19. The van der Waals surface area contributed by atoms with Crippen molar-refractivity contribution in [3.63, 3.8) is 0 Å². The Labute approximate surface area is 213 Å². The molecule has 0 aliphatic carbocycles. The molecule has 2 saturated heterocycles. The van der Waals surface area contributed by atoms with Gasteiger partial charge in [0, 0.05) is 31.7 Å². The van der Waals surface area contributed by atoms with Gasteiger partial charge in [-0.25, -0.2) is 0 Å². The summed E-state index contributed by atoms with van der Waals surface area (Å²) in [6.07, 6.45) is 0. The van der Waals surface area contributed by atoms with E-state index in [9.17, 15) is 14.7 Å². The Morgan fingerprint density at radius 1 is 1.00 bits per heavy atom. The van der Waals surface area contributed by atoms with Gasteiger partial charge >= 0.3 is 0 Å². The van der Waals surface area contributed by atoms with Gasteiger partial charge in [0.05, 0.1) is 49.1 Å². The third-order valence-corrected chi connectivity index (χ3v) is 6.96. The van der Waals surface area contributed by atoms with Crippen LogP contribution in [0.1, 0.15) is 17.2 Å². The van der Waals surface area contributed by atoms with E-state index in [4.69, 9.17) is 37.4 Å². The molecule has 10 heteroatoms. The van der Waals surface area contributed by atoms with Gasteiger partial charge in [-0.2, -0.15) is 0 Å². The van der Waals surface area contributed by atoms with E-state index < -0.39 is 17.7 Å². The van der Waals surface area contributed by atoms with Crippen molar-refractivity contribution in [2.24, 2.45) is 0 Å². The van der Waals surface area contributed by atoms with Crippen LogP contribution in [0, 0.1) is 0 Å². The quantitative estimate of drug-likeness (QED) is 0.337. The number of ketones is 1. The zero-order valence-electron chi connectivity index (χ0n) is 19.4. The summed E-state index contributed by atoms with van der Waals surface area (Å²) in [5, 5.41) is 11.9. The largest absolute Gasteiger partial charge is 0.507 e. The Morgan fingerprint density at radius 3 is 2.37 bits per heavy atom. The summed E-state index contributed by atoms with van der Waals surface area (Å²) in [4.78, 5) is 30.1. The predicted molar refractivity (Wildman–Crippen MR) is 132 cm³/mol. The highest BCUT2D eigenvalue weighted by Crippen LogP contribution is 2.41. The molecule has 2 aromatic carbocycles. The van der Waals surface area contributed by atoms with Gasteiger partial charge in [0.25, 0.3) is 11.7 Å².